The number of aromatic hydroxyl groups is 1. The molecule has 0 fully saturated rings. The van der Waals surface area contributed by atoms with E-state index in [0.29, 0.717) is 17.1 Å². The van der Waals surface area contributed by atoms with E-state index in [4.69, 9.17) is 5.73 Å². The molecule has 0 saturated heterocycles. The van der Waals surface area contributed by atoms with Crippen molar-refractivity contribution >= 4 is 5.69 Å². The van der Waals surface area contributed by atoms with Gasteiger partial charge in [-0.2, -0.15) is 0 Å². The molecule has 3 rings (SSSR count). The van der Waals surface area contributed by atoms with Gasteiger partial charge in [-0.05, 0) is 22.1 Å². The van der Waals surface area contributed by atoms with Gasteiger partial charge in [-0.25, -0.2) is 5.10 Å². The number of para-hydroxylation sites is 1. The Kier molecular flexibility index (Phi) is 2.60. The fourth-order valence-corrected chi connectivity index (χ4v) is 1.88. The fraction of sp³-hybridized carbons (Fsp3) is 0. The van der Waals surface area contributed by atoms with Gasteiger partial charge in [0.1, 0.15) is 5.75 Å². The number of aromatic amines is 1. The van der Waals surface area contributed by atoms with Crippen molar-refractivity contribution in [3.8, 4) is 28.3 Å². The first-order valence-corrected chi connectivity index (χ1v) is 5.67. The Morgan fingerprint density at radius 2 is 1.74 bits per heavy atom. The number of hydrogen-bond donors (Lipinski definition) is 3. The standard InChI is InChI=1S/C13H11N5O/c14-11-3-1-2-10(12(11)19)8-4-6-9(7-5-8)13-15-17-18-16-13/h1-7,19H,14H2,(H,15,16,17,18). The van der Waals surface area contributed by atoms with Gasteiger partial charge < -0.3 is 10.8 Å². The maximum absolute atomic E-state index is 9.94. The number of nitrogens with zero attached hydrogens (tertiary/aromatic N) is 3. The first-order valence-electron chi connectivity index (χ1n) is 5.67. The molecule has 0 unspecified atom stereocenters. The molecule has 0 saturated carbocycles. The smallest absolute Gasteiger partial charge is 0.179 e. The molecular weight excluding hydrogens is 242 g/mol. The van der Waals surface area contributed by atoms with Crippen molar-refractivity contribution in [1.82, 2.24) is 20.6 Å². The molecule has 3 aromatic rings. The fourth-order valence-electron chi connectivity index (χ4n) is 1.88. The van der Waals surface area contributed by atoms with E-state index in [1.165, 1.54) is 0 Å². The number of phenols is 1. The Labute approximate surface area is 108 Å². The van der Waals surface area contributed by atoms with E-state index < -0.39 is 0 Å². The molecule has 0 aliphatic rings. The van der Waals surface area contributed by atoms with E-state index in [1.54, 1.807) is 12.1 Å². The number of phenolic OH excluding ortho intramolecular Hbond substituents is 1. The Balaban J connectivity index is 2.01. The lowest BCUT2D eigenvalue weighted by atomic mass is 10.0. The summed E-state index contributed by atoms with van der Waals surface area (Å²) in [5.41, 5.74) is 8.49. The third-order valence-electron chi connectivity index (χ3n) is 2.88. The van der Waals surface area contributed by atoms with Crippen LogP contribution in [0.1, 0.15) is 0 Å². The number of H-pyrrole nitrogens is 1. The van der Waals surface area contributed by atoms with E-state index in [9.17, 15) is 5.11 Å². The van der Waals surface area contributed by atoms with E-state index in [2.05, 4.69) is 20.6 Å². The second kappa shape index (κ2) is 4.41. The highest BCUT2D eigenvalue weighted by Gasteiger charge is 2.08. The van der Waals surface area contributed by atoms with Crippen LogP contribution in [-0.2, 0) is 0 Å². The number of nitrogens with one attached hydrogen (secondary N) is 1. The zero-order valence-corrected chi connectivity index (χ0v) is 9.91. The van der Waals surface area contributed by atoms with Gasteiger partial charge in [0.2, 0.25) is 0 Å². The van der Waals surface area contributed by atoms with Crippen LogP contribution in [0, 0.1) is 0 Å². The maximum atomic E-state index is 9.94. The highest BCUT2D eigenvalue weighted by Crippen LogP contribution is 2.34. The van der Waals surface area contributed by atoms with Gasteiger partial charge in [-0.3, -0.25) is 0 Å². The number of benzene rings is 2. The molecule has 6 heteroatoms. The molecule has 1 aromatic heterocycles. The second-order valence-corrected chi connectivity index (χ2v) is 4.07. The molecule has 0 atom stereocenters. The molecule has 0 spiro atoms. The normalized spacial score (nSPS) is 10.5. The first-order chi connectivity index (χ1) is 9.25. The van der Waals surface area contributed by atoms with Gasteiger partial charge in [0.25, 0.3) is 0 Å². The Morgan fingerprint density at radius 1 is 1.00 bits per heavy atom. The Morgan fingerprint density at radius 3 is 2.42 bits per heavy atom. The van der Waals surface area contributed by atoms with Crippen molar-refractivity contribution in [2.45, 2.75) is 0 Å². The van der Waals surface area contributed by atoms with Crippen molar-refractivity contribution in [3.05, 3.63) is 42.5 Å². The van der Waals surface area contributed by atoms with Crippen LogP contribution < -0.4 is 5.73 Å². The third kappa shape index (κ3) is 1.99. The van der Waals surface area contributed by atoms with Gasteiger partial charge in [0.15, 0.2) is 5.82 Å². The highest BCUT2D eigenvalue weighted by atomic mass is 16.3. The molecule has 0 aliphatic heterocycles. The summed E-state index contributed by atoms with van der Waals surface area (Å²) in [6.45, 7) is 0. The van der Waals surface area contributed by atoms with Gasteiger partial charge in [-0.15, -0.1) is 5.10 Å². The van der Waals surface area contributed by atoms with Crippen LogP contribution in [0.5, 0.6) is 5.75 Å². The van der Waals surface area contributed by atoms with Crippen molar-refractivity contribution in [2.75, 3.05) is 5.73 Å². The summed E-state index contributed by atoms with van der Waals surface area (Å²) in [4.78, 5) is 0. The zero-order chi connectivity index (χ0) is 13.2. The van der Waals surface area contributed by atoms with E-state index in [0.717, 1.165) is 11.1 Å². The third-order valence-corrected chi connectivity index (χ3v) is 2.88. The highest BCUT2D eigenvalue weighted by molar-refractivity contribution is 5.77. The summed E-state index contributed by atoms with van der Waals surface area (Å²) in [5, 5.41) is 23.5. The molecule has 1 heterocycles. The van der Waals surface area contributed by atoms with Crippen LogP contribution >= 0.6 is 0 Å². The molecule has 0 amide bonds. The van der Waals surface area contributed by atoms with Crippen LogP contribution in [0.15, 0.2) is 42.5 Å². The summed E-state index contributed by atoms with van der Waals surface area (Å²) in [7, 11) is 0. The molecular formula is C13H11N5O. The Hall–Kier alpha value is -2.89. The number of tetrazole rings is 1. The van der Waals surface area contributed by atoms with Crippen molar-refractivity contribution in [3.63, 3.8) is 0 Å². The molecule has 0 radical (unpaired) electrons. The minimum absolute atomic E-state index is 0.0941. The minimum Gasteiger partial charge on any atom is -0.505 e. The number of nitrogens with two attached hydrogens (primary N) is 1. The quantitative estimate of drug-likeness (QED) is 0.477. The van der Waals surface area contributed by atoms with Gasteiger partial charge in [0, 0.05) is 11.1 Å². The van der Waals surface area contributed by atoms with Gasteiger partial charge in [-0.1, -0.05) is 36.4 Å². The summed E-state index contributed by atoms with van der Waals surface area (Å²) in [5.74, 6) is 0.694. The molecule has 0 aliphatic carbocycles. The monoisotopic (exact) mass is 253 g/mol. The number of aromatic nitrogens is 4. The van der Waals surface area contributed by atoms with E-state index in [-0.39, 0.29) is 5.75 Å². The van der Waals surface area contributed by atoms with Crippen molar-refractivity contribution in [2.24, 2.45) is 0 Å². The molecule has 4 N–H and O–H groups in total. The van der Waals surface area contributed by atoms with Crippen LogP contribution in [0.4, 0.5) is 5.69 Å². The van der Waals surface area contributed by atoms with E-state index in [1.807, 2.05) is 30.3 Å². The summed E-state index contributed by atoms with van der Waals surface area (Å²) in [6.07, 6.45) is 0. The lowest BCUT2D eigenvalue weighted by Crippen LogP contribution is -1.88. The van der Waals surface area contributed by atoms with Crippen LogP contribution in [0.25, 0.3) is 22.5 Å². The Bertz CT molecular complexity index is 692. The van der Waals surface area contributed by atoms with Crippen LogP contribution in [0.3, 0.4) is 0 Å². The number of nitrogen functional groups attached to an aromatic ring is 1. The predicted molar refractivity (Wildman–Crippen MR) is 71.1 cm³/mol. The van der Waals surface area contributed by atoms with Crippen LogP contribution in [0.2, 0.25) is 0 Å². The number of anilines is 1. The van der Waals surface area contributed by atoms with Crippen molar-refractivity contribution < 1.29 is 5.11 Å². The van der Waals surface area contributed by atoms with Crippen molar-refractivity contribution in [1.29, 1.82) is 0 Å². The molecule has 6 nitrogen and oxygen atoms in total. The zero-order valence-electron chi connectivity index (χ0n) is 9.91. The SMILES string of the molecule is Nc1cccc(-c2ccc(-c3nnn[nH]3)cc2)c1O. The van der Waals surface area contributed by atoms with E-state index >= 15 is 0 Å². The summed E-state index contributed by atoms with van der Waals surface area (Å²) >= 11 is 0. The number of rotatable bonds is 2. The second-order valence-electron chi connectivity index (χ2n) is 4.07. The molecule has 2 aromatic carbocycles. The molecule has 94 valence electrons. The van der Waals surface area contributed by atoms with Gasteiger partial charge in [0.05, 0.1) is 5.69 Å². The molecule has 0 bridgehead atoms. The molecule has 19 heavy (non-hydrogen) atoms. The average molecular weight is 253 g/mol. The number of hydrogen-bond acceptors (Lipinski definition) is 5. The lowest BCUT2D eigenvalue weighted by Gasteiger charge is -2.07. The summed E-state index contributed by atoms with van der Waals surface area (Å²) < 4.78 is 0. The summed E-state index contributed by atoms with van der Waals surface area (Å²) in [6, 6.07) is 12.8. The minimum atomic E-state index is 0.0941. The topological polar surface area (TPSA) is 101 Å². The maximum Gasteiger partial charge on any atom is 0.179 e. The largest absolute Gasteiger partial charge is 0.505 e. The van der Waals surface area contributed by atoms with Gasteiger partial charge >= 0.3 is 0 Å². The lowest BCUT2D eigenvalue weighted by molar-refractivity contribution is 0.480. The first kappa shape index (κ1) is 11.2. The van der Waals surface area contributed by atoms with Crippen LogP contribution in [-0.4, -0.2) is 25.7 Å². The predicted octanol–water partition coefficient (Wildman–Crippen LogP) is 1.82. The average Bonchev–Trinajstić information content (AvgIpc) is 2.96.